The number of halogens is 1. The largest absolute Gasteiger partial charge is 0.337 e. The van der Waals surface area contributed by atoms with Crippen LogP contribution in [0, 0.1) is 6.92 Å². The van der Waals surface area contributed by atoms with Crippen LogP contribution in [0.3, 0.4) is 0 Å². The van der Waals surface area contributed by atoms with Gasteiger partial charge in [-0.05, 0) is 12.1 Å². The van der Waals surface area contributed by atoms with Crippen LogP contribution in [0.1, 0.15) is 36.9 Å². The number of nitrogens with zero attached hydrogens (tertiary/aromatic N) is 6. The van der Waals surface area contributed by atoms with Gasteiger partial charge in [0.1, 0.15) is 5.15 Å². The maximum Gasteiger partial charge on any atom is 0.266 e. The molecule has 1 aliphatic heterocycles. The van der Waals surface area contributed by atoms with Gasteiger partial charge in [0, 0.05) is 51.3 Å². The molecule has 0 aliphatic carbocycles. The molecule has 1 aliphatic rings. The minimum atomic E-state index is 0.258. The molecule has 3 rings (SSSR count). The highest BCUT2D eigenvalue weighted by Gasteiger charge is 2.23. The predicted octanol–water partition coefficient (Wildman–Crippen LogP) is 2.21. The van der Waals surface area contributed by atoms with Gasteiger partial charge in [-0.3, -0.25) is 9.58 Å². The molecule has 0 saturated carbocycles. The van der Waals surface area contributed by atoms with Gasteiger partial charge < -0.3 is 9.42 Å². The van der Waals surface area contributed by atoms with Gasteiger partial charge in [-0.15, -0.1) is 0 Å². The predicted molar refractivity (Wildman–Crippen MR) is 88.8 cm³/mol. The molecule has 3 heterocycles. The second kappa shape index (κ2) is 6.49. The van der Waals surface area contributed by atoms with E-state index in [1.807, 2.05) is 14.0 Å². The van der Waals surface area contributed by atoms with E-state index in [-0.39, 0.29) is 5.92 Å². The fraction of sp³-hybridized carbons (Fsp3) is 0.667. The third kappa shape index (κ3) is 3.35. The van der Waals surface area contributed by atoms with Crippen LogP contribution in [-0.4, -0.2) is 51.0 Å². The average Bonchev–Trinajstić information content (AvgIpc) is 3.10. The standard InChI is InChI=1S/C15H23ClN6O/c1-10(2)14-17-15(19-23-14)22-7-5-21(6-8-22)9-12-11(3)18-20(4)13(12)16/h10H,5-9H2,1-4H3. The topological polar surface area (TPSA) is 63.2 Å². The number of anilines is 1. The Kier molecular flexibility index (Phi) is 4.59. The normalized spacial score (nSPS) is 16.5. The Labute approximate surface area is 141 Å². The molecule has 0 bridgehead atoms. The first-order valence-electron chi connectivity index (χ1n) is 7.94. The quantitative estimate of drug-likeness (QED) is 0.851. The Morgan fingerprint density at radius 3 is 2.43 bits per heavy atom. The van der Waals surface area contributed by atoms with Gasteiger partial charge >= 0.3 is 0 Å². The van der Waals surface area contributed by atoms with E-state index in [1.54, 1.807) is 4.68 Å². The highest BCUT2D eigenvalue weighted by molar-refractivity contribution is 6.30. The minimum absolute atomic E-state index is 0.258. The second-order valence-corrected chi connectivity index (χ2v) is 6.69. The SMILES string of the molecule is Cc1nn(C)c(Cl)c1CN1CCN(c2noc(C(C)C)n2)CC1. The van der Waals surface area contributed by atoms with Gasteiger partial charge in [0.15, 0.2) is 0 Å². The molecule has 7 nitrogen and oxygen atoms in total. The zero-order chi connectivity index (χ0) is 16.6. The smallest absolute Gasteiger partial charge is 0.266 e. The van der Waals surface area contributed by atoms with Crippen LogP contribution in [0.25, 0.3) is 0 Å². The Balaban J connectivity index is 1.59. The van der Waals surface area contributed by atoms with Crippen molar-refractivity contribution in [2.24, 2.45) is 7.05 Å². The van der Waals surface area contributed by atoms with E-state index in [1.165, 1.54) is 0 Å². The van der Waals surface area contributed by atoms with Crippen molar-refractivity contribution in [3.8, 4) is 0 Å². The first kappa shape index (κ1) is 16.3. The van der Waals surface area contributed by atoms with E-state index >= 15 is 0 Å². The number of aromatic nitrogens is 4. The number of hydrogen-bond acceptors (Lipinski definition) is 6. The first-order chi connectivity index (χ1) is 11.0. The van der Waals surface area contributed by atoms with Gasteiger partial charge in [0.2, 0.25) is 5.89 Å². The van der Waals surface area contributed by atoms with E-state index in [9.17, 15) is 0 Å². The fourth-order valence-electron chi connectivity index (χ4n) is 2.77. The van der Waals surface area contributed by atoms with E-state index in [0.717, 1.165) is 49.1 Å². The summed E-state index contributed by atoms with van der Waals surface area (Å²) in [5.41, 5.74) is 2.11. The molecule has 2 aromatic rings. The molecule has 0 amide bonds. The zero-order valence-electron chi connectivity index (χ0n) is 14.1. The van der Waals surface area contributed by atoms with Crippen LogP contribution in [0.5, 0.6) is 0 Å². The van der Waals surface area contributed by atoms with Gasteiger partial charge in [0.25, 0.3) is 5.95 Å². The minimum Gasteiger partial charge on any atom is -0.337 e. The van der Waals surface area contributed by atoms with E-state index in [4.69, 9.17) is 16.1 Å². The van der Waals surface area contributed by atoms with Crippen LogP contribution in [0.4, 0.5) is 5.95 Å². The van der Waals surface area contributed by atoms with Crippen LogP contribution in [-0.2, 0) is 13.6 Å². The summed E-state index contributed by atoms with van der Waals surface area (Å²) >= 11 is 6.32. The summed E-state index contributed by atoms with van der Waals surface area (Å²) in [6, 6.07) is 0. The molecule has 1 saturated heterocycles. The van der Waals surface area contributed by atoms with Crippen molar-refractivity contribution >= 4 is 17.5 Å². The van der Waals surface area contributed by atoms with Crippen molar-refractivity contribution in [2.45, 2.75) is 33.2 Å². The van der Waals surface area contributed by atoms with Crippen molar-refractivity contribution in [3.05, 3.63) is 22.3 Å². The molecule has 126 valence electrons. The summed E-state index contributed by atoms with van der Waals surface area (Å²) in [5.74, 6) is 1.65. The Hall–Kier alpha value is -1.60. The summed E-state index contributed by atoms with van der Waals surface area (Å²) in [7, 11) is 1.87. The van der Waals surface area contributed by atoms with E-state index in [0.29, 0.717) is 11.8 Å². The number of aryl methyl sites for hydroxylation is 2. The number of piperazine rings is 1. The highest BCUT2D eigenvalue weighted by Crippen LogP contribution is 2.22. The van der Waals surface area contributed by atoms with Crippen molar-refractivity contribution in [1.82, 2.24) is 24.8 Å². The third-order valence-electron chi connectivity index (χ3n) is 4.23. The molecule has 0 spiro atoms. The third-order valence-corrected chi connectivity index (χ3v) is 4.70. The van der Waals surface area contributed by atoms with Crippen molar-refractivity contribution in [3.63, 3.8) is 0 Å². The molecule has 1 fully saturated rings. The fourth-order valence-corrected chi connectivity index (χ4v) is 3.01. The summed E-state index contributed by atoms with van der Waals surface area (Å²) in [6.07, 6.45) is 0. The summed E-state index contributed by atoms with van der Waals surface area (Å²) < 4.78 is 7.02. The lowest BCUT2D eigenvalue weighted by molar-refractivity contribution is 0.247. The maximum absolute atomic E-state index is 6.32. The van der Waals surface area contributed by atoms with Gasteiger partial charge in [-0.25, -0.2) is 0 Å². The van der Waals surface area contributed by atoms with Gasteiger partial charge in [-0.1, -0.05) is 25.4 Å². The van der Waals surface area contributed by atoms with Crippen LogP contribution < -0.4 is 4.90 Å². The molecule has 0 N–H and O–H groups in total. The molecule has 0 atom stereocenters. The van der Waals surface area contributed by atoms with Crippen molar-refractivity contribution < 1.29 is 4.52 Å². The average molecular weight is 339 g/mol. The Bertz CT molecular complexity index is 672. The zero-order valence-corrected chi connectivity index (χ0v) is 14.8. The second-order valence-electron chi connectivity index (χ2n) is 6.33. The van der Waals surface area contributed by atoms with Gasteiger partial charge in [-0.2, -0.15) is 10.1 Å². The van der Waals surface area contributed by atoms with Crippen LogP contribution >= 0.6 is 11.6 Å². The van der Waals surface area contributed by atoms with Crippen LogP contribution in [0.15, 0.2) is 4.52 Å². The lowest BCUT2D eigenvalue weighted by Gasteiger charge is -2.33. The van der Waals surface area contributed by atoms with E-state index in [2.05, 4.69) is 38.9 Å². The molecule has 0 aromatic carbocycles. The number of rotatable bonds is 4. The summed E-state index contributed by atoms with van der Waals surface area (Å²) in [5, 5.41) is 9.19. The lowest BCUT2D eigenvalue weighted by Crippen LogP contribution is -2.46. The molecule has 0 unspecified atom stereocenters. The number of hydrogen-bond donors (Lipinski definition) is 0. The van der Waals surface area contributed by atoms with Crippen LogP contribution in [0.2, 0.25) is 5.15 Å². The van der Waals surface area contributed by atoms with Gasteiger partial charge in [0.05, 0.1) is 5.69 Å². The van der Waals surface area contributed by atoms with Crippen molar-refractivity contribution in [1.29, 1.82) is 0 Å². The highest BCUT2D eigenvalue weighted by atomic mass is 35.5. The molecule has 0 radical (unpaired) electrons. The first-order valence-corrected chi connectivity index (χ1v) is 8.32. The maximum atomic E-state index is 6.32. The monoisotopic (exact) mass is 338 g/mol. The molecular formula is C15H23ClN6O. The molecule has 23 heavy (non-hydrogen) atoms. The van der Waals surface area contributed by atoms with E-state index < -0.39 is 0 Å². The Morgan fingerprint density at radius 2 is 1.91 bits per heavy atom. The molecule has 2 aromatic heterocycles. The molecular weight excluding hydrogens is 316 g/mol. The Morgan fingerprint density at radius 1 is 1.22 bits per heavy atom. The van der Waals surface area contributed by atoms with Crippen molar-refractivity contribution in [2.75, 3.05) is 31.1 Å². The summed E-state index contributed by atoms with van der Waals surface area (Å²) in [4.78, 5) is 9.02. The lowest BCUT2D eigenvalue weighted by atomic mass is 10.2. The molecule has 8 heteroatoms. The summed E-state index contributed by atoms with van der Waals surface area (Å²) in [6.45, 7) is 10.6.